The van der Waals surface area contributed by atoms with Gasteiger partial charge in [0, 0.05) is 25.6 Å². The molecule has 2 atom stereocenters. The average Bonchev–Trinajstić information content (AvgIpc) is 3.49. The number of nitrogens with zero attached hydrogens (tertiary/aromatic N) is 3. The Morgan fingerprint density at radius 2 is 2.20 bits per heavy atom. The van der Waals surface area contributed by atoms with Crippen LogP contribution in [0.1, 0.15) is 40.9 Å². The van der Waals surface area contributed by atoms with Crippen molar-refractivity contribution in [3.63, 3.8) is 0 Å². The van der Waals surface area contributed by atoms with E-state index in [4.69, 9.17) is 19.5 Å². The van der Waals surface area contributed by atoms with Crippen molar-refractivity contribution in [3.8, 4) is 17.7 Å². The molecule has 2 aliphatic heterocycles. The number of amides is 1. The van der Waals surface area contributed by atoms with E-state index in [-0.39, 0.29) is 18.1 Å². The van der Waals surface area contributed by atoms with E-state index in [1.807, 2.05) is 6.07 Å². The Morgan fingerprint density at radius 1 is 1.30 bits per heavy atom. The lowest BCUT2D eigenvalue weighted by molar-refractivity contribution is 0.0221. The normalized spacial score (nSPS) is 22.1. The van der Waals surface area contributed by atoms with Gasteiger partial charge in [0.1, 0.15) is 18.5 Å². The third-order valence-electron chi connectivity index (χ3n) is 5.71. The number of benzene rings is 1. The summed E-state index contributed by atoms with van der Waals surface area (Å²) in [6, 6.07) is 8.99. The van der Waals surface area contributed by atoms with Gasteiger partial charge in [-0.2, -0.15) is 10.4 Å². The van der Waals surface area contributed by atoms with Gasteiger partial charge in [0.05, 0.1) is 24.3 Å². The molecule has 3 heterocycles. The lowest BCUT2D eigenvalue weighted by Gasteiger charge is -2.25. The van der Waals surface area contributed by atoms with Crippen molar-refractivity contribution in [1.82, 2.24) is 15.1 Å². The van der Waals surface area contributed by atoms with Crippen molar-refractivity contribution < 1.29 is 19.0 Å². The molecule has 8 nitrogen and oxygen atoms in total. The van der Waals surface area contributed by atoms with Crippen molar-refractivity contribution >= 4 is 5.91 Å². The molecule has 1 aromatic heterocycles. The summed E-state index contributed by atoms with van der Waals surface area (Å²) in [5.41, 5.74) is 1.84. The molecule has 1 aromatic carbocycles. The highest BCUT2D eigenvalue weighted by molar-refractivity contribution is 5.92. The van der Waals surface area contributed by atoms with Crippen LogP contribution in [0.15, 0.2) is 24.3 Å². The van der Waals surface area contributed by atoms with Gasteiger partial charge in [-0.25, -0.2) is 4.68 Å². The molecule has 30 heavy (non-hydrogen) atoms. The van der Waals surface area contributed by atoms with Crippen molar-refractivity contribution in [1.29, 1.82) is 5.26 Å². The minimum Gasteiger partial charge on any atom is -0.491 e. The fourth-order valence-electron chi connectivity index (χ4n) is 3.85. The summed E-state index contributed by atoms with van der Waals surface area (Å²) in [7, 11) is 0. The molecular formula is C22H24N4O4. The summed E-state index contributed by atoms with van der Waals surface area (Å²) in [6.07, 6.45) is 3.97. The van der Waals surface area contributed by atoms with Gasteiger partial charge in [-0.05, 0) is 48.9 Å². The van der Waals surface area contributed by atoms with Crippen LogP contribution < -0.4 is 14.8 Å². The van der Waals surface area contributed by atoms with Gasteiger partial charge in [-0.1, -0.05) is 0 Å². The van der Waals surface area contributed by atoms with Crippen LogP contribution in [0.3, 0.4) is 0 Å². The van der Waals surface area contributed by atoms with E-state index < -0.39 is 0 Å². The van der Waals surface area contributed by atoms with Gasteiger partial charge in [0.15, 0.2) is 5.69 Å². The second-order valence-corrected chi connectivity index (χ2v) is 8.22. The molecule has 1 fully saturated rings. The zero-order chi connectivity index (χ0) is 20.5. The quantitative estimate of drug-likeness (QED) is 0.786. The number of fused-ring (bicyclic) bond motifs is 2. The molecule has 3 aliphatic rings. The van der Waals surface area contributed by atoms with Gasteiger partial charge < -0.3 is 19.5 Å². The summed E-state index contributed by atoms with van der Waals surface area (Å²) < 4.78 is 19.2. The summed E-state index contributed by atoms with van der Waals surface area (Å²) in [5, 5.41) is 16.5. The van der Waals surface area contributed by atoms with Gasteiger partial charge in [-0.15, -0.1) is 0 Å². The molecule has 5 rings (SSSR count). The van der Waals surface area contributed by atoms with Crippen molar-refractivity contribution in [2.45, 2.75) is 44.4 Å². The first-order valence-corrected chi connectivity index (χ1v) is 10.5. The average molecular weight is 408 g/mol. The van der Waals surface area contributed by atoms with Gasteiger partial charge in [0.25, 0.3) is 5.91 Å². The zero-order valence-electron chi connectivity index (χ0n) is 16.7. The number of aromatic nitrogens is 2. The molecule has 0 saturated heterocycles. The number of rotatable bonds is 6. The minimum atomic E-state index is -0.254. The predicted molar refractivity (Wildman–Crippen MR) is 106 cm³/mol. The maximum Gasteiger partial charge on any atom is 0.272 e. The third-order valence-corrected chi connectivity index (χ3v) is 5.71. The Morgan fingerprint density at radius 3 is 3.03 bits per heavy atom. The number of nitrogens with one attached hydrogen (secondary N) is 1. The van der Waals surface area contributed by atoms with E-state index in [9.17, 15) is 4.79 Å². The number of ether oxygens (including phenoxy) is 3. The Hall–Kier alpha value is -3.05. The summed E-state index contributed by atoms with van der Waals surface area (Å²) >= 11 is 0. The van der Waals surface area contributed by atoms with E-state index in [1.54, 1.807) is 22.9 Å². The SMILES string of the molecule is N#Cc1ccc2c(c1)C[C@@H](NC(=O)c1cc3n(n1)CCC(COCC1CC1)O3)CO2. The lowest BCUT2D eigenvalue weighted by atomic mass is 10.0. The number of hydrogen-bond acceptors (Lipinski definition) is 6. The molecule has 1 aliphatic carbocycles. The number of carbonyl (C=O) groups is 1. The van der Waals surface area contributed by atoms with Crippen LogP contribution in [0.4, 0.5) is 0 Å². The van der Waals surface area contributed by atoms with Crippen LogP contribution in [-0.2, 0) is 17.7 Å². The molecular weight excluding hydrogens is 384 g/mol. The smallest absolute Gasteiger partial charge is 0.272 e. The Labute approximate surface area is 174 Å². The van der Waals surface area contributed by atoms with Gasteiger partial charge in [-0.3, -0.25) is 4.79 Å². The predicted octanol–water partition coefficient (Wildman–Crippen LogP) is 2.07. The van der Waals surface area contributed by atoms with E-state index in [0.29, 0.717) is 43.3 Å². The molecule has 8 heteroatoms. The van der Waals surface area contributed by atoms with Crippen molar-refractivity contribution in [2.75, 3.05) is 19.8 Å². The van der Waals surface area contributed by atoms with Crippen molar-refractivity contribution in [3.05, 3.63) is 41.1 Å². The van der Waals surface area contributed by atoms with Gasteiger partial charge in [0.2, 0.25) is 5.88 Å². The third kappa shape index (κ3) is 4.12. The zero-order valence-corrected chi connectivity index (χ0v) is 16.7. The maximum absolute atomic E-state index is 12.7. The monoisotopic (exact) mass is 408 g/mol. The minimum absolute atomic E-state index is 0.00133. The maximum atomic E-state index is 12.7. The molecule has 0 radical (unpaired) electrons. The highest BCUT2D eigenvalue weighted by atomic mass is 16.5. The summed E-state index contributed by atoms with van der Waals surface area (Å²) in [6.45, 7) is 2.48. The summed E-state index contributed by atoms with van der Waals surface area (Å²) in [5.74, 6) is 1.85. The van der Waals surface area contributed by atoms with E-state index in [2.05, 4.69) is 16.5 Å². The first-order valence-electron chi connectivity index (χ1n) is 10.5. The Kier molecular flexibility index (Phi) is 5.05. The first kappa shape index (κ1) is 18.9. The standard InChI is InChI=1S/C22H24N4O4/c23-10-15-3-4-20-16(7-15)8-17(12-29-20)24-22(27)19-9-21-26(25-19)6-5-18(30-21)13-28-11-14-1-2-14/h3-4,7,9,14,17-18H,1-2,5-6,8,11-13H2,(H,24,27)/t17-,18?/m1/s1. The molecule has 1 N–H and O–H groups in total. The van der Waals surface area contributed by atoms with Crippen LogP contribution in [0, 0.1) is 17.2 Å². The van der Waals surface area contributed by atoms with Crippen LogP contribution >= 0.6 is 0 Å². The first-order chi connectivity index (χ1) is 14.7. The number of hydrogen-bond donors (Lipinski definition) is 1. The van der Waals surface area contributed by atoms with Crippen molar-refractivity contribution in [2.24, 2.45) is 5.92 Å². The highest BCUT2D eigenvalue weighted by Gasteiger charge is 2.27. The van der Waals surface area contributed by atoms with Crippen LogP contribution in [0.25, 0.3) is 0 Å². The number of aryl methyl sites for hydroxylation is 1. The summed E-state index contributed by atoms with van der Waals surface area (Å²) in [4.78, 5) is 12.7. The van der Waals surface area contributed by atoms with E-state index in [1.165, 1.54) is 12.8 Å². The fraction of sp³-hybridized carbons (Fsp3) is 0.500. The molecule has 1 saturated carbocycles. The van der Waals surface area contributed by atoms with Crippen LogP contribution in [0.2, 0.25) is 0 Å². The lowest BCUT2D eigenvalue weighted by Crippen LogP contribution is -2.42. The van der Waals surface area contributed by atoms with Crippen LogP contribution in [0.5, 0.6) is 11.6 Å². The van der Waals surface area contributed by atoms with E-state index >= 15 is 0 Å². The topological polar surface area (TPSA) is 98.4 Å². The Balaban J connectivity index is 1.18. The molecule has 156 valence electrons. The highest BCUT2D eigenvalue weighted by Crippen LogP contribution is 2.29. The number of carbonyl (C=O) groups excluding carboxylic acids is 1. The second-order valence-electron chi connectivity index (χ2n) is 8.22. The van der Waals surface area contributed by atoms with Gasteiger partial charge >= 0.3 is 0 Å². The molecule has 1 unspecified atom stereocenters. The fourth-order valence-corrected chi connectivity index (χ4v) is 3.85. The Bertz CT molecular complexity index is 992. The molecule has 2 aromatic rings. The molecule has 0 spiro atoms. The number of nitriles is 1. The van der Waals surface area contributed by atoms with E-state index in [0.717, 1.165) is 30.3 Å². The van der Waals surface area contributed by atoms with Crippen LogP contribution in [-0.4, -0.2) is 47.7 Å². The second kappa shape index (κ2) is 8.00. The molecule has 1 amide bonds. The molecule has 0 bridgehead atoms. The largest absolute Gasteiger partial charge is 0.491 e.